The van der Waals surface area contributed by atoms with Gasteiger partial charge < -0.3 is 15.3 Å². The van der Waals surface area contributed by atoms with Crippen LogP contribution in [0.5, 0.6) is 0 Å². The quantitative estimate of drug-likeness (QED) is 0.754. The van der Waals surface area contributed by atoms with Gasteiger partial charge in [-0.25, -0.2) is 0 Å². The number of hydrogen-bond acceptors (Lipinski definition) is 3. The van der Waals surface area contributed by atoms with Crippen molar-refractivity contribution >= 4 is 11.8 Å². The summed E-state index contributed by atoms with van der Waals surface area (Å²) in [6.45, 7) is 5.23. The third-order valence-corrected chi connectivity index (χ3v) is 3.76. The van der Waals surface area contributed by atoms with Crippen molar-refractivity contribution in [3.63, 3.8) is 0 Å². The second kappa shape index (κ2) is 8.15. The van der Waals surface area contributed by atoms with Gasteiger partial charge in [-0.1, -0.05) is 13.8 Å². The highest BCUT2D eigenvalue weighted by molar-refractivity contribution is 5.81. The van der Waals surface area contributed by atoms with Crippen molar-refractivity contribution in [2.24, 2.45) is 5.92 Å². The predicted molar refractivity (Wildman–Crippen MR) is 73.5 cm³/mol. The fourth-order valence-electron chi connectivity index (χ4n) is 2.49. The highest BCUT2D eigenvalue weighted by atomic mass is 16.3. The molecule has 1 aliphatic heterocycles. The van der Waals surface area contributed by atoms with Crippen molar-refractivity contribution in [1.82, 2.24) is 10.2 Å². The summed E-state index contributed by atoms with van der Waals surface area (Å²) in [6.07, 6.45) is 3.63. The Morgan fingerprint density at radius 2 is 2.16 bits per heavy atom. The van der Waals surface area contributed by atoms with E-state index >= 15 is 0 Å². The van der Waals surface area contributed by atoms with E-state index in [4.69, 9.17) is 5.11 Å². The van der Waals surface area contributed by atoms with E-state index in [1.807, 2.05) is 13.8 Å². The fraction of sp³-hybridized carbons (Fsp3) is 0.857. The number of carbonyl (C=O) groups is 2. The smallest absolute Gasteiger partial charge is 0.225 e. The minimum atomic E-state index is -0.100. The maximum atomic E-state index is 12.2. The number of likely N-dealkylation sites (tertiary alicyclic amines) is 1. The second-order valence-electron chi connectivity index (χ2n) is 5.16. The van der Waals surface area contributed by atoms with E-state index in [9.17, 15) is 9.59 Å². The summed E-state index contributed by atoms with van der Waals surface area (Å²) >= 11 is 0. The van der Waals surface area contributed by atoms with Crippen molar-refractivity contribution in [2.45, 2.75) is 52.0 Å². The van der Waals surface area contributed by atoms with Gasteiger partial charge in [-0.15, -0.1) is 0 Å². The first-order valence-electron chi connectivity index (χ1n) is 7.31. The second-order valence-corrected chi connectivity index (χ2v) is 5.16. The molecule has 2 atom stereocenters. The molecule has 0 spiro atoms. The van der Waals surface area contributed by atoms with Gasteiger partial charge in [-0.2, -0.15) is 0 Å². The monoisotopic (exact) mass is 270 g/mol. The summed E-state index contributed by atoms with van der Waals surface area (Å²) in [5.74, 6) is 0.0470. The summed E-state index contributed by atoms with van der Waals surface area (Å²) in [5, 5.41) is 11.9. The fourth-order valence-corrected chi connectivity index (χ4v) is 2.49. The lowest BCUT2D eigenvalue weighted by Gasteiger charge is -2.32. The van der Waals surface area contributed by atoms with Gasteiger partial charge in [0.25, 0.3) is 0 Å². The molecule has 1 saturated heterocycles. The molecule has 1 heterocycles. The van der Waals surface area contributed by atoms with Crippen LogP contribution in [0.3, 0.4) is 0 Å². The Bertz CT molecular complexity index is 307. The Balaban J connectivity index is 2.49. The van der Waals surface area contributed by atoms with Crippen molar-refractivity contribution < 1.29 is 14.7 Å². The molecule has 5 heteroatoms. The topological polar surface area (TPSA) is 69.6 Å². The lowest BCUT2D eigenvalue weighted by Crippen LogP contribution is -2.47. The molecular weight excluding hydrogens is 244 g/mol. The van der Waals surface area contributed by atoms with Crippen LogP contribution in [-0.2, 0) is 9.59 Å². The SMILES string of the molecule is CCC(=O)N1CCCC(C(=O)NC(CC)CCO)C1. The Labute approximate surface area is 115 Å². The van der Waals surface area contributed by atoms with E-state index in [0.717, 1.165) is 25.8 Å². The van der Waals surface area contributed by atoms with Crippen molar-refractivity contribution in [3.8, 4) is 0 Å². The van der Waals surface area contributed by atoms with Crippen molar-refractivity contribution in [1.29, 1.82) is 0 Å². The van der Waals surface area contributed by atoms with Gasteiger partial charge >= 0.3 is 0 Å². The van der Waals surface area contributed by atoms with Gasteiger partial charge in [-0.3, -0.25) is 9.59 Å². The Kier molecular flexibility index (Phi) is 6.84. The van der Waals surface area contributed by atoms with Crippen LogP contribution in [0.1, 0.15) is 46.0 Å². The van der Waals surface area contributed by atoms with Gasteiger partial charge in [0, 0.05) is 32.2 Å². The van der Waals surface area contributed by atoms with Crippen LogP contribution in [0.2, 0.25) is 0 Å². The molecule has 1 aliphatic rings. The molecule has 1 fully saturated rings. The number of rotatable bonds is 6. The molecule has 0 aromatic carbocycles. The molecule has 1 rings (SSSR count). The zero-order valence-corrected chi connectivity index (χ0v) is 12.0. The molecule has 19 heavy (non-hydrogen) atoms. The standard InChI is InChI=1S/C14H26N2O3/c1-3-12(7-9-17)15-14(19)11-6-5-8-16(10-11)13(18)4-2/h11-12,17H,3-10H2,1-2H3,(H,15,19). The van der Waals surface area contributed by atoms with E-state index in [1.165, 1.54) is 0 Å². The third-order valence-electron chi connectivity index (χ3n) is 3.76. The molecule has 0 radical (unpaired) electrons. The first-order chi connectivity index (χ1) is 9.12. The van der Waals surface area contributed by atoms with Crippen LogP contribution in [0.15, 0.2) is 0 Å². The molecule has 0 aromatic heterocycles. The summed E-state index contributed by atoms with van der Waals surface area (Å²) in [7, 11) is 0. The summed E-state index contributed by atoms with van der Waals surface area (Å²) in [4.78, 5) is 25.6. The van der Waals surface area contributed by atoms with Gasteiger partial charge in [-0.05, 0) is 25.7 Å². The van der Waals surface area contributed by atoms with Crippen LogP contribution in [0.25, 0.3) is 0 Å². The highest BCUT2D eigenvalue weighted by Gasteiger charge is 2.28. The summed E-state index contributed by atoms with van der Waals surface area (Å²) in [5.41, 5.74) is 0. The first-order valence-corrected chi connectivity index (χ1v) is 7.31. The number of hydrogen-bond donors (Lipinski definition) is 2. The maximum Gasteiger partial charge on any atom is 0.225 e. The molecule has 0 aromatic rings. The number of nitrogens with one attached hydrogen (secondary N) is 1. The van der Waals surface area contributed by atoms with Gasteiger partial charge in [0.05, 0.1) is 5.92 Å². The van der Waals surface area contributed by atoms with E-state index < -0.39 is 0 Å². The Hall–Kier alpha value is -1.10. The summed E-state index contributed by atoms with van der Waals surface area (Å²) < 4.78 is 0. The average molecular weight is 270 g/mol. The Morgan fingerprint density at radius 3 is 2.74 bits per heavy atom. The molecule has 2 amide bonds. The summed E-state index contributed by atoms with van der Waals surface area (Å²) in [6, 6.07) is 0.0368. The van der Waals surface area contributed by atoms with Crippen LogP contribution >= 0.6 is 0 Å². The zero-order valence-electron chi connectivity index (χ0n) is 12.0. The molecule has 2 unspecified atom stereocenters. The maximum absolute atomic E-state index is 12.2. The first kappa shape index (κ1) is 16.0. The predicted octanol–water partition coefficient (Wildman–Crippen LogP) is 0.912. The third kappa shape index (κ3) is 4.82. The van der Waals surface area contributed by atoms with Crippen LogP contribution in [0.4, 0.5) is 0 Å². The minimum Gasteiger partial charge on any atom is -0.396 e. The molecular formula is C14H26N2O3. The number of aliphatic hydroxyl groups excluding tert-OH is 1. The molecule has 110 valence electrons. The van der Waals surface area contributed by atoms with E-state index in [1.54, 1.807) is 4.90 Å². The number of amides is 2. The normalized spacial score (nSPS) is 21.0. The van der Waals surface area contributed by atoms with Gasteiger partial charge in [0.2, 0.25) is 11.8 Å². The minimum absolute atomic E-state index is 0.0221. The Morgan fingerprint density at radius 1 is 1.42 bits per heavy atom. The lowest BCUT2D eigenvalue weighted by atomic mass is 9.96. The van der Waals surface area contributed by atoms with Crippen molar-refractivity contribution in [2.75, 3.05) is 19.7 Å². The van der Waals surface area contributed by atoms with Crippen LogP contribution < -0.4 is 5.32 Å². The number of aliphatic hydroxyl groups is 1. The molecule has 2 N–H and O–H groups in total. The van der Waals surface area contributed by atoms with E-state index in [0.29, 0.717) is 19.4 Å². The van der Waals surface area contributed by atoms with Gasteiger partial charge in [0.15, 0.2) is 0 Å². The largest absolute Gasteiger partial charge is 0.396 e. The number of nitrogens with zero attached hydrogens (tertiary/aromatic N) is 1. The van der Waals surface area contributed by atoms with Gasteiger partial charge in [0.1, 0.15) is 0 Å². The zero-order chi connectivity index (χ0) is 14.3. The number of carbonyl (C=O) groups excluding carboxylic acids is 2. The van der Waals surface area contributed by atoms with E-state index in [2.05, 4.69) is 5.32 Å². The highest BCUT2D eigenvalue weighted by Crippen LogP contribution is 2.18. The molecule has 0 saturated carbocycles. The average Bonchev–Trinajstić information content (AvgIpc) is 2.45. The number of piperidine rings is 1. The molecule has 0 bridgehead atoms. The molecule has 0 aliphatic carbocycles. The lowest BCUT2D eigenvalue weighted by molar-refractivity contribution is -0.135. The van der Waals surface area contributed by atoms with E-state index in [-0.39, 0.29) is 30.4 Å². The van der Waals surface area contributed by atoms with Crippen LogP contribution in [-0.4, -0.2) is 47.6 Å². The van der Waals surface area contributed by atoms with Crippen molar-refractivity contribution in [3.05, 3.63) is 0 Å². The molecule has 5 nitrogen and oxygen atoms in total. The van der Waals surface area contributed by atoms with Crippen LogP contribution in [0, 0.1) is 5.92 Å².